The van der Waals surface area contributed by atoms with Crippen molar-refractivity contribution in [3.05, 3.63) is 95.6 Å². The standard InChI is InChI=1S/C25H24N4S/c1-16-15-20(24-23(27-25(30)28(24)3)21-12-6-7-14-26-21)17(2)29(16)22-13-8-10-18-9-4-5-11-19(18)22/h4-15,23-24H,1-3H3,(H,27,30)/t23-,24-/m1/s1. The van der Waals surface area contributed by atoms with E-state index in [0.717, 1.165) is 10.8 Å². The Hall–Kier alpha value is -3.18. The first-order valence-electron chi connectivity index (χ1n) is 10.2. The smallest absolute Gasteiger partial charge is 0.169 e. The van der Waals surface area contributed by atoms with Gasteiger partial charge in [0, 0.05) is 30.0 Å². The van der Waals surface area contributed by atoms with Crippen molar-refractivity contribution in [1.29, 1.82) is 0 Å². The van der Waals surface area contributed by atoms with Gasteiger partial charge in [-0.1, -0.05) is 42.5 Å². The first-order valence-corrected chi connectivity index (χ1v) is 10.6. The fourth-order valence-corrected chi connectivity index (χ4v) is 4.95. The number of hydrogen-bond acceptors (Lipinski definition) is 2. The maximum absolute atomic E-state index is 5.62. The van der Waals surface area contributed by atoms with Crippen LogP contribution in [0.3, 0.4) is 0 Å². The number of hydrogen-bond donors (Lipinski definition) is 1. The van der Waals surface area contributed by atoms with Crippen LogP contribution in [0.15, 0.2) is 72.9 Å². The van der Waals surface area contributed by atoms with Crippen LogP contribution in [-0.2, 0) is 0 Å². The van der Waals surface area contributed by atoms with Gasteiger partial charge in [0.25, 0.3) is 0 Å². The summed E-state index contributed by atoms with van der Waals surface area (Å²) < 4.78 is 2.36. The summed E-state index contributed by atoms with van der Waals surface area (Å²) in [4.78, 5) is 6.76. The Morgan fingerprint density at radius 1 is 0.967 bits per heavy atom. The number of aromatic nitrogens is 2. The van der Waals surface area contributed by atoms with Crippen LogP contribution in [0.1, 0.15) is 34.7 Å². The molecule has 2 aromatic carbocycles. The highest BCUT2D eigenvalue weighted by molar-refractivity contribution is 7.80. The molecule has 2 atom stereocenters. The van der Waals surface area contributed by atoms with Gasteiger partial charge in [0.15, 0.2) is 5.11 Å². The number of rotatable bonds is 3. The molecular weight excluding hydrogens is 388 g/mol. The van der Waals surface area contributed by atoms with Crippen molar-refractivity contribution < 1.29 is 0 Å². The number of aryl methyl sites for hydroxylation is 1. The van der Waals surface area contributed by atoms with E-state index < -0.39 is 0 Å². The molecular formula is C25H24N4S. The lowest BCUT2D eigenvalue weighted by Gasteiger charge is -2.24. The van der Waals surface area contributed by atoms with Crippen LogP contribution in [0.4, 0.5) is 0 Å². The summed E-state index contributed by atoms with van der Waals surface area (Å²) in [6, 6.07) is 23.5. The molecule has 1 aliphatic heterocycles. The molecule has 5 heteroatoms. The van der Waals surface area contributed by atoms with Crippen LogP contribution < -0.4 is 5.32 Å². The molecule has 0 bridgehead atoms. The minimum absolute atomic E-state index is 0.0187. The highest BCUT2D eigenvalue weighted by Gasteiger charge is 2.39. The highest BCUT2D eigenvalue weighted by Crippen LogP contribution is 2.40. The Morgan fingerprint density at radius 3 is 2.53 bits per heavy atom. The van der Waals surface area contributed by atoms with E-state index in [1.165, 1.54) is 33.4 Å². The first-order chi connectivity index (χ1) is 14.6. The van der Waals surface area contributed by atoms with Gasteiger partial charge in [-0.3, -0.25) is 4.98 Å². The molecule has 1 aliphatic rings. The lowest BCUT2D eigenvalue weighted by Crippen LogP contribution is -2.25. The second-order valence-corrected chi connectivity index (χ2v) is 8.28. The SMILES string of the molecule is Cc1cc([C@@H]2[C@@H](c3ccccn3)NC(=S)N2C)c(C)n1-c1cccc2ccccc12. The maximum atomic E-state index is 5.62. The van der Waals surface area contributed by atoms with Crippen molar-refractivity contribution in [3.8, 4) is 5.69 Å². The van der Waals surface area contributed by atoms with Crippen molar-refractivity contribution in [2.45, 2.75) is 25.9 Å². The number of benzene rings is 2. The van der Waals surface area contributed by atoms with Crippen LogP contribution in [-0.4, -0.2) is 26.6 Å². The van der Waals surface area contributed by atoms with Gasteiger partial charge in [-0.25, -0.2) is 0 Å². The van der Waals surface area contributed by atoms with Gasteiger partial charge in [-0.15, -0.1) is 0 Å². The zero-order valence-electron chi connectivity index (χ0n) is 17.3. The summed E-state index contributed by atoms with van der Waals surface area (Å²) >= 11 is 5.62. The van der Waals surface area contributed by atoms with Crippen molar-refractivity contribution in [1.82, 2.24) is 19.8 Å². The van der Waals surface area contributed by atoms with Gasteiger partial charge in [0.2, 0.25) is 0 Å². The Bertz CT molecular complexity index is 1240. The topological polar surface area (TPSA) is 33.1 Å². The summed E-state index contributed by atoms with van der Waals surface area (Å²) in [5.74, 6) is 0. The Labute approximate surface area is 182 Å². The first kappa shape index (κ1) is 18.8. The van der Waals surface area contributed by atoms with E-state index in [9.17, 15) is 0 Å². The van der Waals surface area contributed by atoms with Crippen LogP contribution in [0.2, 0.25) is 0 Å². The molecule has 150 valence electrons. The number of likely N-dealkylation sites (N-methyl/N-ethyl adjacent to an activating group) is 1. The molecule has 0 aliphatic carbocycles. The van der Waals surface area contributed by atoms with E-state index in [1.54, 1.807) is 0 Å². The number of nitrogens with zero attached hydrogens (tertiary/aromatic N) is 3. The molecule has 4 nitrogen and oxygen atoms in total. The van der Waals surface area contributed by atoms with Crippen LogP contribution in [0.25, 0.3) is 16.5 Å². The van der Waals surface area contributed by atoms with E-state index in [1.807, 2.05) is 18.3 Å². The molecule has 30 heavy (non-hydrogen) atoms. The van der Waals surface area contributed by atoms with Crippen molar-refractivity contribution in [2.24, 2.45) is 0 Å². The second kappa shape index (κ2) is 7.26. The zero-order chi connectivity index (χ0) is 20.8. The summed E-state index contributed by atoms with van der Waals surface area (Å²) in [7, 11) is 2.06. The molecule has 0 unspecified atom stereocenters. The van der Waals surface area contributed by atoms with E-state index in [2.05, 4.69) is 95.3 Å². The van der Waals surface area contributed by atoms with Crippen LogP contribution in [0.5, 0.6) is 0 Å². The Kier molecular flexibility index (Phi) is 4.55. The van der Waals surface area contributed by atoms with Gasteiger partial charge < -0.3 is 14.8 Å². The molecule has 1 fully saturated rings. The molecule has 3 heterocycles. The summed E-state index contributed by atoms with van der Waals surface area (Å²) in [5, 5.41) is 6.73. The van der Waals surface area contributed by atoms with Crippen LogP contribution >= 0.6 is 12.2 Å². The van der Waals surface area contributed by atoms with E-state index in [-0.39, 0.29) is 12.1 Å². The molecule has 5 rings (SSSR count). The minimum Gasteiger partial charge on any atom is -0.352 e. The van der Waals surface area contributed by atoms with Gasteiger partial charge >= 0.3 is 0 Å². The third-order valence-corrected chi connectivity index (χ3v) is 6.54. The fraction of sp³-hybridized carbons (Fsp3) is 0.200. The predicted molar refractivity (Wildman–Crippen MR) is 126 cm³/mol. The third-order valence-electron chi connectivity index (χ3n) is 6.14. The quantitative estimate of drug-likeness (QED) is 0.466. The summed E-state index contributed by atoms with van der Waals surface area (Å²) in [5.41, 5.74) is 5.92. The second-order valence-electron chi connectivity index (χ2n) is 7.90. The summed E-state index contributed by atoms with van der Waals surface area (Å²) in [6.45, 7) is 4.38. The monoisotopic (exact) mass is 412 g/mol. The molecule has 2 aromatic heterocycles. The predicted octanol–water partition coefficient (Wildman–Crippen LogP) is 5.24. The number of pyridine rings is 1. The molecule has 1 saturated heterocycles. The lowest BCUT2D eigenvalue weighted by molar-refractivity contribution is 0.367. The third kappa shape index (κ3) is 2.89. The normalized spacial score (nSPS) is 18.8. The Morgan fingerprint density at radius 2 is 1.73 bits per heavy atom. The minimum atomic E-state index is 0.0187. The molecule has 0 saturated carbocycles. The average Bonchev–Trinajstić information content (AvgIpc) is 3.23. The van der Waals surface area contributed by atoms with Gasteiger partial charge in [0.1, 0.15) is 0 Å². The fourth-order valence-electron chi connectivity index (χ4n) is 4.71. The zero-order valence-corrected chi connectivity index (χ0v) is 18.1. The number of thiocarbonyl (C=S) groups is 1. The van der Waals surface area contributed by atoms with Gasteiger partial charge in [-0.2, -0.15) is 0 Å². The molecule has 1 N–H and O–H groups in total. The van der Waals surface area contributed by atoms with E-state index in [4.69, 9.17) is 12.2 Å². The highest BCUT2D eigenvalue weighted by atomic mass is 32.1. The van der Waals surface area contributed by atoms with Crippen molar-refractivity contribution >= 4 is 28.1 Å². The van der Waals surface area contributed by atoms with Gasteiger partial charge in [-0.05, 0) is 61.3 Å². The molecule has 4 aromatic rings. The van der Waals surface area contributed by atoms with Crippen LogP contribution in [0, 0.1) is 13.8 Å². The lowest BCUT2D eigenvalue weighted by atomic mass is 9.97. The number of fused-ring (bicyclic) bond motifs is 1. The molecule has 0 spiro atoms. The van der Waals surface area contributed by atoms with Crippen molar-refractivity contribution in [3.63, 3.8) is 0 Å². The number of nitrogens with one attached hydrogen (secondary N) is 1. The van der Waals surface area contributed by atoms with E-state index >= 15 is 0 Å². The molecule has 0 amide bonds. The van der Waals surface area contributed by atoms with Gasteiger partial charge in [0.05, 0.1) is 23.5 Å². The maximum Gasteiger partial charge on any atom is 0.169 e. The largest absolute Gasteiger partial charge is 0.352 e. The molecule has 0 radical (unpaired) electrons. The average molecular weight is 413 g/mol. The summed E-state index contributed by atoms with van der Waals surface area (Å²) in [6.07, 6.45) is 1.84. The van der Waals surface area contributed by atoms with E-state index in [0.29, 0.717) is 0 Å². The Balaban J connectivity index is 1.67. The van der Waals surface area contributed by atoms with Crippen molar-refractivity contribution in [2.75, 3.05) is 7.05 Å².